The van der Waals surface area contributed by atoms with Crippen molar-refractivity contribution in [3.63, 3.8) is 0 Å². The fourth-order valence-electron chi connectivity index (χ4n) is 5.51. The maximum Gasteiger partial charge on any atom is 0.260 e. The molecule has 2 atom stereocenters. The number of rotatable bonds is 7. The van der Waals surface area contributed by atoms with E-state index in [1.54, 1.807) is 4.90 Å². The molecule has 2 aliphatic heterocycles. The number of aliphatic imine (C=N–C) groups is 1. The summed E-state index contributed by atoms with van der Waals surface area (Å²) in [7, 11) is 0. The Hall–Kier alpha value is -3.15. The van der Waals surface area contributed by atoms with Gasteiger partial charge < -0.3 is 10.0 Å². The van der Waals surface area contributed by atoms with E-state index < -0.39 is 6.35 Å². The summed E-state index contributed by atoms with van der Waals surface area (Å²) in [6, 6.07) is 10.00. The van der Waals surface area contributed by atoms with Crippen LogP contribution in [0.15, 0.2) is 82.7 Å². The Kier molecular flexibility index (Phi) is 7.95. The van der Waals surface area contributed by atoms with Crippen LogP contribution in [0.25, 0.3) is 5.57 Å². The summed E-state index contributed by atoms with van der Waals surface area (Å²) in [5.41, 5.74) is 7.98. The van der Waals surface area contributed by atoms with Crippen LogP contribution in [-0.2, 0) is 8.47 Å². The quantitative estimate of drug-likeness (QED) is 0.402. The van der Waals surface area contributed by atoms with Crippen LogP contribution in [0.5, 0.6) is 0 Å². The van der Waals surface area contributed by atoms with Gasteiger partial charge in [0.15, 0.2) is 24.9 Å². The highest BCUT2D eigenvalue weighted by Gasteiger charge is 2.38. The summed E-state index contributed by atoms with van der Waals surface area (Å²) in [5, 5.41) is 14.2. The molecule has 40 heavy (non-hydrogen) atoms. The highest BCUT2D eigenvalue weighted by atomic mass is 32.2. The third-order valence-electron chi connectivity index (χ3n) is 7.84. The molecular weight excluding hydrogens is 544 g/mol. The van der Waals surface area contributed by atoms with Crippen molar-refractivity contribution in [3.8, 4) is 0 Å². The lowest BCUT2D eigenvalue weighted by molar-refractivity contribution is -0.000461. The maximum absolute atomic E-state index is 13.3. The number of hydroxylamine groups is 1. The molecule has 208 valence electrons. The van der Waals surface area contributed by atoms with Crippen LogP contribution >= 0.6 is 23.7 Å². The molecule has 0 saturated carbocycles. The number of carbonyl (C=O) groups excluding carboxylic acids is 1. The highest BCUT2D eigenvalue weighted by molar-refractivity contribution is 7.89. The third-order valence-corrected chi connectivity index (χ3v) is 9.14. The molecular formula is C30H32N4O4S2. The predicted octanol–water partition coefficient (Wildman–Crippen LogP) is 5.82. The van der Waals surface area contributed by atoms with Gasteiger partial charge in [-0.3, -0.25) is 13.9 Å². The molecule has 1 aromatic heterocycles. The summed E-state index contributed by atoms with van der Waals surface area (Å²) in [6.45, 7) is 3.46. The number of amidine groups is 1. The van der Waals surface area contributed by atoms with Crippen LogP contribution in [0.1, 0.15) is 54.1 Å². The number of benzene rings is 1. The van der Waals surface area contributed by atoms with Gasteiger partial charge in [0, 0.05) is 18.7 Å². The number of anilines is 1. The molecule has 1 aromatic carbocycles. The van der Waals surface area contributed by atoms with Gasteiger partial charge >= 0.3 is 0 Å². The molecule has 8 nitrogen and oxygen atoms in total. The van der Waals surface area contributed by atoms with Crippen molar-refractivity contribution in [2.24, 2.45) is 10.4 Å². The molecule has 0 spiro atoms. The molecule has 0 fully saturated rings. The minimum Gasteiger partial charge on any atom is -0.356 e. The van der Waals surface area contributed by atoms with Crippen molar-refractivity contribution in [2.45, 2.75) is 39.0 Å². The Morgan fingerprint density at radius 3 is 2.80 bits per heavy atom. The van der Waals surface area contributed by atoms with Crippen LogP contribution in [0.4, 0.5) is 5.00 Å². The van der Waals surface area contributed by atoms with E-state index in [-0.39, 0.29) is 18.1 Å². The second-order valence-electron chi connectivity index (χ2n) is 10.6. The molecule has 0 radical (unpaired) electrons. The largest absolute Gasteiger partial charge is 0.356 e. The van der Waals surface area contributed by atoms with Crippen molar-refractivity contribution in [1.82, 2.24) is 10.4 Å². The average molecular weight is 577 g/mol. The Bertz CT molecular complexity index is 1430. The van der Waals surface area contributed by atoms with Gasteiger partial charge in [0.25, 0.3) is 5.91 Å². The molecule has 6 rings (SSSR count). The van der Waals surface area contributed by atoms with Crippen molar-refractivity contribution in [1.29, 1.82) is 0 Å². The van der Waals surface area contributed by atoms with Crippen LogP contribution in [0.2, 0.25) is 0 Å². The SMILES string of the molecule is CC1(CCN2C(=O)c3ccsc3N(CC3=CC=C(c4ccccc4C4=NCOSON4)CC3)C2O)C=CC=CC1. The van der Waals surface area contributed by atoms with E-state index in [4.69, 9.17) is 8.47 Å². The number of nitrogens with zero attached hydrogens (tertiary/aromatic N) is 3. The van der Waals surface area contributed by atoms with Gasteiger partial charge in [-0.25, -0.2) is 10.5 Å². The summed E-state index contributed by atoms with van der Waals surface area (Å²) < 4.78 is 10.4. The number of hydrogen-bond acceptors (Lipinski definition) is 9. The van der Waals surface area contributed by atoms with Crippen molar-refractivity contribution >= 4 is 46.0 Å². The zero-order chi connectivity index (χ0) is 27.5. The minimum absolute atomic E-state index is 0.0201. The normalized spacial score (nSPS) is 24.6. The smallest absolute Gasteiger partial charge is 0.260 e. The first-order chi connectivity index (χ1) is 19.5. The number of amides is 1. The van der Waals surface area contributed by atoms with E-state index in [1.807, 2.05) is 34.5 Å². The highest BCUT2D eigenvalue weighted by Crippen LogP contribution is 2.39. The molecule has 2 N–H and O–H groups in total. The lowest BCUT2D eigenvalue weighted by atomic mass is 9.80. The van der Waals surface area contributed by atoms with E-state index in [0.29, 0.717) is 24.5 Å². The number of fused-ring (bicyclic) bond motifs is 1. The number of carbonyl (C=O) groups is 1. The average Bonchev–Trinajstić information content (AvgIpc) is 3.31. The second kappa shape index (κ2) is 11.8. The summed E-state index contributed by atoms with van der Waals surface area (Å²) >= 11 is 2.38. The van der Waals surface area contributed by atoms with E-state index in [1.165, 1.54) is 22.5 Å². The summed E-state index contributed by atoms with van der Waals surface area (Å²) in [6.07, 6.45) is 15.2. The minimum atomic E-state index is -1.00. The molecule has 0 saturated heterocycles. The van der Waals surface area contributed by atoms with Gasteiger partial charge in [-0.05, 0) is 53.7 Å². The van der Waals surface area contributed by atoms with Crippen molar-refractivity contribution in [2.75, 3.05) is 24.7 Å². The van der Waals surface area contributed by atoms with Gasteiger partial charge in [0.2, 0.25) is 6.35 Å². The number of thiophene rings is 1. The first-order valence-electron chi connectivity index (χ1n) is 13.4. The van der Waals surface area contributed by atoms with Crippen LogP contribution in [0, 0.1) is 5.41 Å². The molecule has 2 unspecified atom stereocenters. The molecule has 0 bridgehead atoms. The topological polar surface area (TPSA) is 86.6 Å². The fourth-order valence-corrected chi connectivity index (χ4v) is 6.68. The summed E-state index contributed by atoms with van der Waals surface area (Å²) in [5.74, 6) is 0.537. The fraction of sp³-hybridized carbons (Fsp3) is 0.333. The molecule has 4 aliphatic rings. The Morgan fingerprint density at radius 1 is 1.12 bits per heavy atom. The number of aliphatic hydroxyl groups excluding tert-OH is 1. The van der Waals surface area contributed by atoms with Gasteiger partial charge in [0.1, 0.15) is 5.00 Å². The Morgan fingerprint density at radius 2 is 2.00 bits per heavy atom. The number of hydrogen-bond donors (Lipinski definition) is 2. The predicted molar refractivity (Wildman–Crippen MR) is 160 cm³/mol. The zero-order valence-electron chi connectivity index (χ0n) is 22.3. The van der Waals surface area contributed by atoms with Crippen LogP contribution in [-0.4, -0.2) is 47.9 Å². The van der Waals surface area contributed by atoms with Crippen molar-refractivity contribution < 1.29 is 18.4 Å². The van der Waals surface area contributed by atoms with E-state index in [2.05, 4.69) is 59.9 Å². The maximum atomic E-state index is 13.3. The van der Waals surface area contributed by atoms with Gasteiger partial charge in [0.05, 0.1) is 5.56 Å². The first kappa shape index (κ1) is 27.0. The van der Waals surface area contributed by atoms with Gasteiger partial charge in [-0.1, -0.05) is 73.2 Å². The van der Waals surface area contributed by atoms with Gasteiger partial charge in [-0.15, -0.1) is 11.3 Å². The molecule has 2 aromatic rings. The molecule has 2 aliphatic carbocycles. The second-order valence-corrected chi connectivity index (χ2v) is 12.0. The molecule has 1 amide bonds. The zero-order valence-corrected chi connectivity index (χ0v) is 23.9. The molecule has 3 heterocycles. The van der Waals surface area contributed by atoms with Crippen LogP contribution < -0.4 is 10.4 Å². The number of aliphatic hydroxyl groups is 1. The Labute approximate surface area is 242 Å². The molecule has 10 heteroatoms. The number of allylic oxidation sites excluding steroid dienone is 7. The van der Waals surface area contributed by atoms with E-state index in [9.17, 15) is 9.90 Å². The van der Waals surface area contributed by atoms with Crippen LogP contribution in [0.3, 0.4) is 0 Å². The van der Waals surface area contributed by atoms with E-state index >= 15 is 0 Å². The monoisotopic (exact) mass is 576 g/mol. The summed E-state index contributed by atoms with van der Waals surface area (Å²) in [4.78, 5) is 21.4. The van der Waals surface area contributed by atoms with E-state index in [0.717, 1.165) is 54.1 Å². The van der Waals surface area contributed by atoms with Gasteiger partial charge in [-0.2, -0.15) is 4.28 Å². The third kappa shape index (κ3) is 5.55. The van der Waals surface area contributed by atoms with Crippen molar-refractivity contribution in [3.05, 3.63) is 94.4 Å². The first-order valence-corrected chi connectivity index (χ1v) is 15.0. The lowest BCUT2D eigenvalue weighted by Crippen LogP contribution is -2.56. The Balaban J connectivity index is 1.21. The lowest BCUT2D eigenvalue weighted by Gasteiger charge is -2.42. The standard InChI is InChI=1S/C30H32N4O4S2/c1-30(14-5-2-6-15-30)16-17-33-27(35)25-13-18-39-28(25)34(29(33)36)19-21-9-11-22(12-10-21)23-7-3-4-8-24(23)26-31-20-37-40-38-32-26/h2-9,11,13-14,18,29,36H,10,12,15-17,19-20H2,1H3,(H,31,32). The number of nitrogens with one attached hydrogen (secondary N) is 1.